The van der Waals surface area contributed by atoms with Crippen LogP contribution in [0.1, 0.15) is 12.8 Å². The molecule has 1 aliphatic rings. The quantitative estimate of drug-likeness (QED) is 0.871. The molecular formula is C16H24N2O3. The molecule has 0 unspecified atom stereocenters. The fourth-order valence-corrected chi connectivity index (χ4v) is 2.18. The van der Waals surface area contributed by atoms with Crippen molar-refractivity contribution < 1.29 is 14.3 Å². The average Bonchev–Trinajstić information content (AvgIpc) is 2.49. The molecule has 1 saturated heterocycles. The lowest BCUT2D eigenvalue weighted by atomic mass is 9.99. The van der Waals surface area contributed by atoms with Crippen molar-refractivity contribution in [3.8, 4) is 5.75 Å². The van der Waals surface area contributed by atoms with E-state index < -0.39 is 0 Å². The van der Waals surface area contributed by atoms with Crippen molar-refractivity contribution in [2.24, 2.45) is 5.92 Å². The van der Waals surface area contributed by atoms with E-state index in [4.69, 9.17) is 9.47 Å². The molecule has 0 radical (unpaired) electrons. The van der Waals surface area contributed by atoms with E-state index in [0.717, 1.165) is 30.8 Å². The number of hydrogen-bond donors (Lipinski definition) is 1. The van der Waals surface area contributed by atoms with Crippen LogP contribution in [0, 0.1) is 5.92 Å². The van der Waals surface area contributed by atoms with E-state index in [9.17, 15) is 4.79 Å². The van der Waals surface area contributed by atoms with Gasteiger partial charge in [-0.05, 0) is 51.2 Å². The van der Waals surface area contributed by atoms with Gasteiger partial charge in [0.15, 0.2) is 0 Å². The number of carbonyl (C=O) groups excluding carboxylic acids is 1. The molecule has 1 N–H and O–H groups in total. The van der Waals surface area contributed by atoms with E-state index in [1.54, 1.807) is 0 Å². The summed E-state index contributed by atoms with van der Waals surface area (Å²) in [7, 11) is 4.02. The number of benzene rings is 1. The van der Waals surface area contributed by atoms with Crippen LogP contribution in [0.15, 0.2) is 24.3 Å². The van der Waals surface area contributed by atoms with Gasteiger partial charge in [0.2, 0.25) is 5.91 Å². The van der Waals surface area contributed by atoms with Crippen molar-refractivity contribution in [1.29, 1.82) is 0 Å². The second-order valence-electron chi connectivity index (χ2n) is 5.55. The molecule has 2 rings (SSSR count). The van der Waals surface area contributed by atoms with Gasteiger partial charge in [-0.15, -0.1) is 0 Å². The summed E-state index contributed by atoms with van der Waals surface area (Å²) < 4.78 is 10.9. The zero-order valence-electron chi connectivity index (χ0n) is 12.8. The lowest BCUT2D eigenvalue weighted by Gasteiger charge is -2.21. The van der Waals surface area contributed by atoms with Crippen molar-refractivity contribution in [3.05, 3.63) is 24.3 Å². The molecule has 1 fully saturated rings. The maximum atomic E-state index is 12.1. The monoisotopic (exact) mass is 292 g/mol. The van der Waals surface area contributed by atoms with Crippen LogP contribution < -0.4 is 10.1 Å². The van der Waals surface area contributed by atoms with E-state index >= 15 is 0 Å². The summed E-state index contributed by atoms with van der Waals surface area (Å²) in [5, 5.41) is 2.95. The first kappa shape index (κ1) is 15.8. The zero-order valence-corrected chi connectivity index (χ0v) is 12.8. The maximum absolute atomic E-state index is 12.1. The molecule has 1 heterocycles. The van der Waals surface area contributed by atoms with Gasteiger partial charge in [-0.2, -0.15) is 0 Å². The van der Waals surface area contributed by atoms with Crippen LogP contribution >= 0.6 is 0 Å². The minimum Gasteiger partial charge on any atom is -0.492 e. The number of hydrogen-bond acceptors (Lipinski definition) is 4. The molecule has 1 aromatic rings. The number of nitrogens with one attached hydrogen (secondary N) is 1. The Labute approximate surface area is 126 Å². The molecule has 1 amide bonds. The lowest BCUT2D eigenvalue weighted by Crippen LogP contribution is -2.28. The zero-order chi connectivity index (χ0) is 15.1. The fourth-order valence-electron chi connectivity index (χ4n) is 2.18. The molecule has 1 aliphatic heterocycles. The maximum Gasteiger partial charge on any atom is 0.227 e. The SMILES string of the molecule is CN(C)CCOc1ccc(NC(=O)C2CCOCC2)cc1. The lowest BCUT2D eigenvalue weighted by molar-refractivity contribution is -0.122. The van der Waals surface area contributed by atoms with E-state index in [-0.39, 0.29) is 11.8 Å². The second kappa shape index (κ2) is 8.00. The molecule has 1 aromatic carbocycles. The predicted octanol–water partition coefficient (Wildman–Crippen LogP) is 1.99. The first-order valence-electron chi connectivity index (χ1n) is 7.41. The molecule has 5 heteroatoms. The summed E-state index contributed by atoms with van der Waals surface area (Å²) in [6.07, 6.45) is 1.61. The van der Waals surface area contributed by atoms with Crippen molar-refractivity contribution >= 4 is 11.6 Å². The highest BCUT2D eigenvalue weighted by molar-refractivity contribution is 5.92. The molecule has 5 nitrogen and oxygen atoms in total. The number of amides is 1. The van der Waals surface area contributed by atoms with Crippen LogP contribution in [0.2, 0.25) is 0 Å². The number of anilines is 1. The molecule has 0 aliphatic carbocycles. The van der Waals surface area contributed by atoms with Crippen LogP contribution in [0.3, 0.4) is 0 Å². The van der Waals surface area contributed by atoms with E-state index in [1.165, 1.54) is 0 Å². The number of nitrogens with zero attached hydrogens (tertiary/aromatic N) is 1. The third-order valence-corrected chi connectivity index (χ3v) is 3.52. The van der Waals surface area contributed by atoms with Crippen molar-refractivity contribution in [1.82, 2.24) is 4.90 Å². The van der Waals surface area contributed by atoms with Crippen LogP contribution in [-0.4, -0.2) is 51.3 Å². The van der Waals surface area contributed by atoms with Crippen LogP contribution in [0.25, 0.3) is 0 Å². The second-order valence-corrected chi connectivity index (χ2v) is 5.55. The number of likely N-dealkylation sites (N-methyl/N-ethyl adjacent to an activating group) is 1. The Morgan fingerprint density at radius 3 is 2.57 bits per heavy atom. The minimum atomic E-state index is 0.0646. The standard InChI is InChI=1S/C16H24N2O3/c1-18(2)9-12-21-15-5-3-14(4-6-15)17-16(19)13-7-10-20-11-8-13/h3-6,13H,7-12H2,1-2H3,(H,17,19). The topological polar surface area (TPSA) is 50.8 Å². The van der Waals surface area contributed by atoms with Crippen molar-refractivity contribution in [3.63, 3.8) is 0 Å². The molecular weight excluding hydrogens is 268 g/mol. The highest BCUT2D eigenvalue weighted by Gasteiger charge is 2.21. The van der Waals surface area contributed by atoms with Gasteiger partial charge >= 0.3 is 0 Å². The Hall–Kier alpha value is -1.59. The molecule has 0 spiro atoms. The number of carbonyl (C=O) groups is 1. The normalized spacial score (nSPS) is 16.0. The van der Waals surface area contributed by atoms with Crippen molar-refractivity contribution in [2.45, 2.75) is 12.8 Å². The van der Waals surface area contributed by atoms with Crippen LogP contribution in [0.5, 0.6) is 5.75 Å². The van der Waals surface area contributed by atoms with E-state index in [0.29, 0.717) is 19.8 Å². The number of ether oxygens (including phenoxy) is 2. The van der Waals surface area contributed by atoms with E-state index in [1.807, 2.05) is 38.4 Å². The summed E-state index contributed by atoms with van der Waals surface area (Å²) >= 11 is 0. The highest BCUT2D eigenvalue weighted by atomic mass is 16.5. The largest absolute Gasteiger partial charge is 0.492 e. The van der Waals surface area contributed by atoms with Gasteiger partial charge < -0.3 is 19.7 Å². The molecule has 0 aromatic heterocycles. The number of rotatable bonds is 6. The Balaban J connectivity index is 1.80. The van der Waals surface area contributed by atoms with Crippen molar-refractivity contribution in [2.75, 3.05) is 45.8 Å². The van der Waals surface area contributed by atoms with Gasteiger partial charge in [0, 0.05) is 31.4 Å². The Bertz CT molecular complexity index is 439. The molecule has 21 heavy (non-hydrogen) atoms. The van der Waals surface area contributed by atoms with E-state index in [2.05, 4.69) is 10.2 Å². The third-order valence-electron chi connectivity index (χ3n) is 3.52. The molecule has 0 bridgehead atoms. The summed E-state index contributed by atoms with van der Waals surface area (Å²) in [5.74, 6) is 0.968. The van der Waals surface area contributed by atoms with Gasteiger partial charge in [0.1, 0.15) is 12.4 Å². The Kier molecular flexibility index (Phi) is 6.02. The fraction of sp³-hybridized carbons (Fsp3) is 0.562. The Morgan fingerprint density at radius 2 is 1.95 bits per heavy atom. The van der Waals surface area contributed by atoms with Gasteiger partial charge in [-0.3, -0.25) is 4.79 Å². The predicted molar refractivity (Wildman–Crippen MR) is 82.7 cm³/mol. The summed E-state index contributed by atoms with van der Waals surface area (Å²) in [4.78, 5) is 14.2. The first-order valence-corrected chi connectivity index (χ1v) is 7.41. The van der Waals surface area contributed by atoms with Crippen LogP contribution in [0.4, 0.5) is 5.69 Å². The average molecular weight is 292 g/mol. The summed E-state index contributed by atoms with van der Waals surface area (Å²) in [6.45, 7) is 2.89. The summed E-state index contributed by atoms with van der Waals surface area (Å²) in [6, 6.07) is 7.52. The highest BCUT2D eigenvalue weighted by Crippen LogP contribution is 2.19. The summed E-state index contributed by atoms with van der Waals surface area (Å²) in [5.41, 5.74) is 0.812. The van der Waals surface area contributed by atoms with Gasteiger partial charge in [0.05, 0.1) is 0 Å². The van der Waals surface area contributed by atoms with Gasteiger partial charge in [0.25, 0.3) is 0 Å². The minimum absolute atomic E-state index is 0.0646. The smallest absolute Gasteiger partial charge is 0.227 e. The molecule has 116 valence electrons. The first-order chi connectivity index (χ1) is 10.1. The van der Waals surface area contributed by atoms with Crippen LogP contribution in [-0.2, 0) is 9.53 Å². The van der Waals surface area contributed by atoms with Gasteiger partial charge in [-0.1, -0.05) is 0 Å². The Morgan fingerprint density at radius 1 is 1.29 bits per heavy atom. The third kappa shape index (κ3) is 5.36. The molecule has 0 atom stereocenters. The molecule has 0 saturated carbocycles. The van der Waals surface area contributed by atoms with Gasteiger partial charge in [-0.25, -0.2) is 0 Å².